The molecule has 2 N–H and O–H groups in total. The molecule has 1 aliphatic heterocycles. The van der Waals surface area contributed by atoms with Gasteiger partial charge in [0.05, 0.1) is 17.6 Å². The SMILES string of the molecule is CC(C)n1cc(NS(=O)(=O)CC2CCCCN2)cn1. The van der Waals surface area contributed by atoms with E-state index in [9.17, 15) is 8.42 Å². The zero-order valence-corrected chi connectivity index (χ0v) is 12.3. The minimum atomic E-state index is -3.31. The number of nitrogens with one attached hydrogen (secondary N) is 2. The van der Waals surface area contributed by atoms with Gasteiger partial charge in [-0.15, -0.1) is 0 Å². The van der Waals surface area contributed by atoms with E-state index in [1.165, 1.54) is 0 Å². The summed E-state index contributed by atoms with van der Waals surface area (Å²) in [5.74, 6) is 0.125. The lowest BCUT2D eigenvalue weighted by Crippen LogP contribution is -2.40. The number of piperidine rings is 1. The molecule has 0 spiro atoms. The zero-order valence-electron chi connectivity index (χ0n) is 11.5. The highest BCUT2D eigenvalue weighted by atomic mass is 32.2. The highest BCUT2D eigenvalue weighted by Gasteiger charge is 2.21. The molecule has 0 saturated carbocycles. The molecular formula is C12H22N4O2S. The van der Waals surface area contributed by atoms with Crippen molar-refractivity contribution in [2.24, 2.45) is 0 Å². The molecule has 108 valence electrons. The topological polar surface area (TPSA) is 76.0 Å². The first-order chi connectivity index (χ1) is 8.96. The Hall–Kier alpha value is -1.08. The van der Waals surface area contributed by atoms with Crippen molar-refractivity contribution in [1.29, 1.82) is 0 Å². The summed E-state index contributed by atoms with van der Waals surface area (Å²) in [5.41, 5.74) is 0.532. The number of hydrogen-bond donors (Lipinski definition) is 2. The van der Waals surface area contributed by atoms with Crippen molar-refractivity contribution < 1.29 is 8.42 Å². The third-order valence-electron chi connectivity index (χ3n) is 3.24. The van der Waals surface area contributed by atoms with Gasteiger partial charge in [0.2, 0.25) is 10.0 Å². The molecule has 6 nitrogen and oxygen atoms in total. The van der Waals surface area contributed by atoms with Crippen LogP contribution in [0, 0.1) is 0 Å². The van der Waals surface area contributed by atoms with Crippen LogP contribution in [-0.2, 0) is 10.0 Å². The summed E-state index contributed by atoms with van der Waals surface area (Å²) in [4.78, 5) is 0. The molecule has 0 aromatic carbocycles. The number of anilines is 1. The summed E-state index contributed by atoms with van der Waals surface area (Å²) in [6.07, 6.45) is 6.41. The average Bonchev–Trinajstić information content (AvgIpc) is 2.77. The van der Waals surface area contributed by atoms with Crippen molar-refractivity contribution in [3.05, 3.63) is 12.4 Å². The molecule has 1 aromatic rings. The number of aromatic nitrogens is 2. The smallest absolute Gasteiger partial charge is 0.234 e. The lowest BCUT2D eigenvalue weighted by Gasteiger charge is -2.23. The summed E-state index contributed by atoms with van der Waals surface area (Å²) < 4.78 is 28.4. The van der Waals surface area contributed by atoms with E-state index in [1.807, 2.05) is 13.8 Å². The molecule has 1 atom stereocenters. The molecule has 0 bridgehead atoms. The van der Waals surface area contributed by atoms with Crippen LogP contribution in [0.4, 0.5) is 5.69 Å². The van der Waals surface area contributed by atoms with Crippen LogP contribution in [0.15, 0.2) is 12.4 Å². The van der Waals surface area contributed by atoms with Gasteiger partial charge in [-0.05, 0) is 33.2 Å². The van der Waals surface area contributed by atoms with Gasteiger partial charge in [0, 0.05) is 18.3 Å². The maximum Gasteiger partial charge on any atom is 0.234 e. The Kier molecular flexibility index (Phi) is 4.46. The van der Waals surface area contributed by atoms with E-state index in [0.29, 0.717) is 5.69 Å². The standard InChI is InChI=1S/C12H22N4O2S/c1-10(2)16-8-12(7-14-16)15-19(17,18)9-11-5-3-4-6-13-11/h7-8,10-11,13,15H,3-6,9H2,1-2H3. The molecule has 1 unspecified atom stereocenters. The Morgan fingerprint density at radius 2 is 2.32 bits per heavy atom. The molecule has 0 amide bonds. The van der Waals surface area contributed by atoms with Crippen molar-refractivity contribution in [1.82, 2.24) is 15.1 Å². The molecule has 19 heavy (non-hydrogen) atoms. The predicted octanol–water partition coefficient (Wildman–Crippen LogP) is 1.35. The quantitative estimate of drug-likeness (QED) is 0.856. The van der Waals surface area contributed by atoms with Gasteiger partial charge in [0.15, 0.2) is 0 Å². The first kappa shape index (κ1) is 14.3. The molecule has 1 aromatic heterocycles. The third kappa shape index (κ3) is 4.21. The zero-order chi connectivity index (χ0) is 13.9. The highest BCUT2D eigenvalue weighted by molar-refractivity contribution is 7.92. The first-order valence-corrected chi connectivity index (χ1v) is 8.39. The van der Waals surface area contributed by atoms with Crippen molar-refractivity contribution in [3.63, 3.8) is 0 Å². The van der Waals surface area contributed by atoms with Gasteiger partial charge in [-0.3, -0.25) is 9.40 Å². The fraction of sp³-hybridized carbons (Fsp3) is 0.750. The molecular weight excluding hydrogens is 264 g/mol. The average molecular weight is 286 g/mol. The fourth-order valence-corrected chi connectivity index (χ4v) is 3.59. The van der Waals surface area contributed by atoms with Gasteiger partial charge in [-0.2, -0.15) is 5.10 Å². The maximum absolute atomic E-state index is 12.1. The number of sulfonamides is 1. The van der Waals surface area contributed by atoms with E-state index in [-0.39, 0.29) is 17.8 Å². The minimum absolute atomic E-state index is 0.0615. The van der Waals surface area contributed by atoms with Crippen molar-refractivity contribution >= 4 is 15.7 Å². The van der Waals surface area contributed by atoms with Gasteiger partial charge < -0.3 is 5.32 Å². The predicted molar refractivity (Wildman–Crippen MR) is 75.7 cm³/mol. The van der Waals surface area contributed by atoms with Gasteiger partial charge in [0.1, 0.15) is 0 Å². The van der Waals surface area contributed by atoms with Crippen LogP contribution < -0.4 is 10.0 Å². The van der Waals surface area contributed by atoms with E-state index >= 15 is 0 Å². The molecule has 2 heterocycles. The van der Waals surface area contributed by atoms with Gasteiger partial charge in [-0.25, -0.2) is 8.42 Å². The Bertz CT molecular complexity index is 504. The third-order valence-corrected chi connectivity index (χ3v) is 4.62. The maximum atomic E-state index is 12.1. The van der Waals surface area contributed by atoms with E-state index in [2.05, 4.69) is 15.1 Å². The van der Waals surface area contributed by atoms with Crippen LogP contribution >= 0.6 is 0 Å². The largest absolute Gasteiger partial charge is 0.313 e. The summed E-state index contributed by atoms with van der Waals surface area (Å²) in [6.45, 7) is 4.90. The van der Waals surface area contributed by atoms with E-state index in [0.717, 1.165) is 25.8 Å². The van der Waals surface area contributed by atoms with Crippen molar-refractivity contribution in [2.45, 2.75) is 45.2 Å². The second-order valence-corrected chi connectivity index (χ2v) is 7.10. The Balaban J connectivity index is 1.95. The normalized spacial score (nSPS) is 20.7. The van der Waals surface area contributed by atoms with Crippen molar-refractivity contribution in [2.75, 3.05) is 17.0 Å². The van der Waals surface area contributed by atoms with Crippen LogP contribution in [-0.4, -0.2) is 36.5 Å². The highest BCUT2D eigenvalue weighted by Crippen LogP contribution is 2.14. The Morgan fingerprint density at radius 1 is 1.53 bits per heavy atom. The molecule has 1 fully saturated rings. The first-order valence-electron chi connectivity index (χ1n) is 6.74. The van der Waals surface area contributed by atoms with Crippen LogP contribution in [0.3, 0.4) is 0 Å². The van der Waals surface area contributed by atoms with E-state index in [4.69, 9.17) is 0 Å². The summed E-state index contributed by atoms with van der Waals surface area (Å²) in [7, 11) is -3.31. The van der Waals surface area contributed by atoms with Gasteiger partial charge >= 0.3 is 0 Å². The summed E-state index contributed by atoms with van der Waals surface area (Å²) in [6, 6.07) is 0.282. The molecule has 1 aliphatic rings. The lowest BCUT2D eigenvalue weighted by molar-refractivity contribution is 0.424. The molecule has 0 aliphatic carbocycles. The molecule has 2 rings (SSSR count). The van der Waals surface area contributed by atoms with Crippen LogP contribution in [0.25, 0.3) is 0 Å². The van der Waals surface area contributed by atoms with Crippen LogP contribution in [0.2, 0.25) is 0 Å². The van der Waals surface area contributed by atoms with Crippen molar-refractivity contribution in [3.8, 4) is 0 Å². The Labute approximate surface area is 114 Å². The summed E-state index contributed by atoms with van der Waals surface area (Å²) >= 11 is 0. The lowest BCUT2D eigenvalue weighted by atomic mass is 10.1. The minimum Gasteiger partial charge on any atom is -0.313 e. The molecule has 0 radical (unpaired) electrons. The number of nitrogens with zero attached hydrogens (tertiary/aromatic N) is 2. The van der Waals surface area contributed by atoms with Gasteiger partial charge in [-0.1, -0.05) is 6.42 Å². The monoisotopic (exact) mass is 286 g/mol. The number of rotatable bonds is 5. The van der Waals surface area contributed by atoms with Gasteiger partial charge in [0.25, 0.3) is 0 Å². The molecule has 7 heteroatoms. The van der Waals surface area contributed by atoms with E-state index in [1.54, 1.807) is 17.1 Å². The van der Waals surface area contributed by atoms with Crippen LogP contribution in [0.1, 0.15) is 39.2 Å². The van der Waals surface area contributed by atoms with Crippen LogP contribution in [0.5, 0.6) is 0 Å². The van der Waals surface area contributed by atoms with E-state index < -0.39 is 10.0 Å². The fourth-order valence-electron chi connectivity index (χ4n) is 2.23. The summed E-state index contributed by atoms with van der Waals surface area (Å²) in [5, 5.41) is 7.37. The second-order valence-electron chi connectivity index (χ2n) is 5.33. The molecule has 1 saturated heterocycles. The Morgan fingerprint density at radius 3 is 2.89 bits per heavy atom. The second kappa shape index (κ2) is 5.92. The number of hydrogen-bond acceptors (Lipinski definition) is 4.